The first-order valence-corrected chi connectivity index (χ1v) is 5.15. The Hall–Kier alpha value is -0.240. The van der Waals surface area contributed by atoms with E-state index in [1.165, 1.54) is 5.32 Å². The molecular weight excluding hydrogens is 279 g/mol. The minimum Gasteiger partial charge on any atom is -0.289 e. The van der Waals surface area contributed by atoms with Crippen LogP contribution in [0.5, 0.6) is 0 Å². The molecule has 1 nitrogen and oxygen atoms in total. The van der Waals surface area contributed by atoms with Gasteiger partial charge in [-0.05, 0) is 6.42 Å². The van der Waals surface area contributed by atoms with E-state index in [4.69, 9.17) is 11.6 Å². The van der Waals surface area contributed by atoms with Crippen molar-refractivity contribution in [3.63, 3.8) is 0 Å². The third-order valence-corrected chi connectivity index (χ3v) is 4.02. The summed E-state index contributed by atoms with van der Waals surface area (Å²) in [4.78, 5) is 0. The fourth-order valence-electron chi connectivity index (χ4n) is 2.67. The van der Waals surface area contributed by atoms with Gasteiger partial charge >= 0.3 is 12.4 Å². The lowest BCUT2D eigenvalue weighted by atomic mass is 9.82. The third kappa shape index (κ3) is 1.49. The van der Waals surface area contributed by atoms with Crippen molar-refractivity contribution in [1.29, 1.82) is 0 Å². The molecule has 0 aromatic heterocycles. The third-order valence-electron chi connectivity index (χ3n) is 3.44. The molecule has 1 aliphatic heterocycles. The van der Waals surface area contributed by atoms with Gasteiger partial charge in [0.25, 0.3) is 0 Å². The van der Waals surface area contributed by atoms with Crippen molar-refractivity contribution in [2.24, 2.45) is 5.92 Å². The average Bonchev–Trinajstić information content (AvgIpc) is 2.53. The maximum absolute atomic E-state index is 13.1. The van der Waals surface area contributed by atoms with Crippen LogP contribution in [-0.2, 0) is 0 Å². The van der Waals surface area contributed by atoms with E-state index in [0.717, 1.165) is 0 Å². The van der Waals surface area contributed by atoms with Crippen LogP contribution in [0.4, 0.5) is 30.7 Å². The van der Waals surface area contributed by atoms with E-state index < -0.39 is 47.8 Å². The standard InChI is InChI=1S/C8H7ClF7N/c9-4-2-1-3(10)5(4)17-6(2,7(11,12)13)8(14,15)16/h2-5,17H,1H2/t2-,3-,4-,5+/m1/s1. The first-order chi connectivity index (χ1) is 7.52. The van der Waals surface area contributed by atoms with Crippen LogP contribution < -0.4 is 5.32 Å². The van der Waals surface area contributed by atoms with Crippen LogP contribution in [0.3, 0.4) is 0 Å². The van der Waals surface area contributed by atoms with Crippen LogP contribution in [0.25, 0.3) is 0 Å². The Balaban J connectivity index is 2.48. The fourth-order valence-corrected chi connectivity index (χ4v) is 3.18. The average molecular weight is 286 g/mol. The van der Waals surface area contributed by atoms with Gasteiger partial charge in [-0.2, -0.15) is 26.3 Å². The van der Waals surface area contributed by atoms with Crippen molar-refractivity contribution < 1.29 is 30.7 Å². The summed E-state index contributed by atoms with van der Waals surface area (Å²) in [6.07, 6.45) is -13.7. The van der Waals surface area contributed by atoms with Gasteiger partial charge in [0.15, 0.2) is 0 Å². The molecule has 1 saturated heterocycles. The van der Waals surface area contributed by atoms with Gasteiger partial charge in [-0.1, -0.05) is 0 Å². The molecule has 0 amide bonds. The molecule has 17 heavy (non-hydrogen) atoms. The van der Waals surface area contributed by atoms with Crippen LogP contribution in [0.1, 0.15) is 6.42 Å². The highest BCUT2D eigenvalue weighted by Gasteiger charge is 2.81. The van der Waals surface area contributed by atoms with E-state index in [9.17, 15) is 30.7 Å². The molecule has 2 aliphatic rings. The van der Waals surface area contributed by atoms with E-state index >= 15 is 0 Å². The van der Waals surface area contributed by atoms with Gasteiger partial charge in [-0.15, -0.1) is 11.6 Å². The summed E-state index contributed by atoms with van der Waals surface area (Å²) in [7, 11) is 0. The molecule has 0 spiro atoms. The van der Waals surface area contributed by atoms with Gasteiger partial charge in [0, 0.05) is 5.92 Å². The monoisotopic (exact) mass is 285 g/mol. The summed E-state index contributed by atoms with van der Waals surface area (Å²) in [5.74, 6) is -2.02. The molecule has 0 aromatic rings. The molecule has 100 valence electrons. The molecule has 2 fully saturated rings. The number of hydrogen-bond acceptors (Lipinski definition) is 1. The summed E-state index contributed by atoms with van der Waals surface area (Å²) in [5.41, 5.74) is -4.08. The second-order valence-corrected chi connectivity index (χ2v) is 4.78. The van der Waals surface area contributed by atoms with Crippen molar-refractivity contribution in [3.8, 4) is 0 Å². The Kier molecular flexibility index (Phi) is 2.64. The topological polar surface area (TPSA) is 12.0 Å². The Morgan fingerprint density at radius 3 is 1.76 bits per heavy atom. The predicted molar refractivity (Wildman–Crippen MR) is 44.4 cm³/mol. The maximum atomic E-state index is 13.1. The zero-order valence-corrected chi connectivity index (χ0v) is 8.80. The maximum Gasteiger partial charge on any atom is 0.415 e. The molecule has 1 saturated carbocycles. The normalized spacial score (nSPS) is 40.9. The van der Waals surface area contributed by atoms with Gasteiger partial charge in [0.2, 0.25) is 5.54 Å². The molecule has 1 aliphatic carbocycles. The largest absolute Gasteiger partial charge is 0.415 e. The lowest BCUT2D eigenvalue weighted by Gasteiger charge is -2.41. The van der Waals surface area contributed by atoms with Crippen molar-refractivity contribution in [2.45, 2.75) is 41.9 Å². The summed E-state index contributed by atoms with van der Waals surface area (Å²) in [6.45, 7) is 0. The van der Waals surface area contributed by atoms with E-state index in [1.54, 1.807) is 0 Å². The minimum atomic E-state index is -5.56. The van der Waals surface area contributed by atoms with Crippen molar-refractivity contribution in [3.05, 3.63) is 0 Å². The quantitative estimate of drug-likeness (QED) is 0.533. The number of piperidine rings is 1. The zero-order chi connectivity index (χ0) is 13.2. The molecule has 0 radical (unpaired) electrons. The first kappa shape index (κ1) is 13.2. The predicted octanol–water partition coefficient (Wildman–Crippen LogP) is 2.79. The van der Waals surface area contributed by atoms with Gasteiger partial charge in [-0.25, -0.2) is 4.39 Å². The van der Waals surface area contributed by atoms with Gasteiger partial charge in [-0.3, -0.25) is 5.32 Å². The molecule has 1 heterocycles. The SMILES string of the molecule is F[C@@H]1C[C@@H]2[C@@H](Cl)[C@H]1NC2(C(F)(F)F)C(F)(F)F. The van der Waals surface area contributed by atoms with Crippen LogP contribution in [0.2, 0.25) is 0 Å². The van der Waals surface area contributed by atoms with Crippen LogP contribution in [-0.4, -0.2) is 35.5 Å². The Morgan fingerprint density at radius 2 is 1.53 bits per heavy atom. The van der Waals surface area contributed by atoms with Crippen molar-refractivity contribution >= 4 is 11.6 Å². The molecule has 9 heteroatoms. The molecular formula is C8H7ClF7N. The Morgan fingerprint density at radius 1 is 1.06 bits per heavy atom. The molecule has 0 aromatic carbocycles. The second kappa shape index (κ2) is 3.40. The highest BCUT2D eigenvalue weighted by Crippen LogP contribution is 2.58. The van der Waals surface area contributed by atoms with Crippen LogP contribution >= 0.6 is 11.6 Å². The number of hydrogen-bond donors (Lipinski definition) is 1. The number of alkyl halides is 8. The Labute approximate surface area is 96.3 Å². The van der Waals surface area contributed by atoms with Gasteiger partial charge in [0.05, 0.1) is 11.4 Å². The molecule has 2 bridgehead atoms. The summed E-state index contributed by atoms with van der Waals surface area (Å²) in [6, 6.07) is -1.61. The lowest BCUT2D eigenvalue weighted by Crippen LogP contribution is -2.70. The summed E-state index contributed by atoms with van der Waals surface area (Å²) < 4.78 is 89.3. The second-order valence-electron chi connectivity index (χ2n) is 4.28. The van der Waals surface area contributed by atoms with Crippen LogP contribution in [0, 0.1) is 5.92 Å². The van der Waals surface area contributed by atoms with Crippen LogP contribution in [0.15, 0.2) is 0 Å². The van der Waals surface area contributed by atoms with Gasteiger partial charge in [0.1, 0.15) is 6.17 Å². The number of rotatable bonds is 0. The highest BCUT2D eigenvalue weighted by molar-refractivity contribution is 6.22. The minimum absolute atomic E-state index is 0.829. The smallest absolute Gasteiger partial charge is 0.289 e. The Bertz CT molecular complexity index is 311. The molecule has 4 atom stereocenters. The first-order valence-electron chi connectivity index (χ1n) is 4.71. The van der Waals surface area contributed by atoms with E-state index in [1.807, 2.05) is 0 Å². The van der Waals surface area contributed by atoms with Crippen molar-refractivity contribution in [1.82, 2.24) is 5.32 Å². The molecule has 1 N–H and O–H groups in total. The van der Waals surface area contributed by atoms with E-state index in [0.29, 0.717) is 0 Å². The lowest BCUT2D eigenvalue weighted by molar-refractivity contribution is -0.320. The van der Waals surface area contributed by atoms with Gasteiger partial charge < -0.3 is 0 Å². The summed E-state index contributed by atoms with van der Waals surface area (Å²) >= 11 is 5.46. The number of nitrogens with one attached hydrogen (secondary N) is 1. The van der Waals surface area contributed by atoms with E-state index in [-0.39, 0.29) is 0 Å². The number of fused-ring (bicyclic) bond motifs is 2. The zero-order valence-electron chi connectivity index (χ0n) is 8.04. The number of halogens is 8. The summed E-state index contributed by atoms with van der Waals surface area (Å²) in [5, 5.41) is -0.180. The molecule has 2 rings (SSSR count). The highest BCUT2D eigenvalue weighted by atomic mass is 35.5. The van der Waals surface area contributed by atoms with Crippen molar-refractivity contribution in [2.75, 3.05) is 0 Å². The fraction of sp³-hybridized carbons (Fsp3) is 1.00. The molecule has 0 unspecified atom stereocenters. The van der Waals surface area contributed by atoms with E-state index in [2.05, 4.69) is 0 Å².